The minimum absolute atomic E-state index is 0.138. The van der Waals surface area contributed by atoms with Crippen LogP contribution in [-0.2, 0) is 33.8 Å². The van der Waals surface area contributed by atoms with Crippen LogP contribution >= 0.6 is 0 Å². The monoisotopic (exact) mass is 594 g/mol. The molecule has 9 nitrogen and oxygen atoms in total. The first-order chi connectivity index (χ1) is 21.2. The molecule has 1 aromatic heterocycles. The number of carbonyl (C=O) groups excluding carboxylic acids is 3. The van der Waals surface area contributed by atoms with E-state index < -0.39 is 17.7 Å². The summed E-state index contributed by atoms with van der Waals surface area (Å²) in [6.07, 6.45) is 2.48. The number of fused-ring (bicyclic) bond motifs is 1. The number of nitrogens with zero attached hydrogens (tertiary/aromatic N) is 1. The van der Waals surface area contributed by atoms with Gasteiger partial charge in [-0.2, -0.15) is 0 Å². The molecule has 0 radical (unpaired) electrons. The van der Waals surface area contributed by atoms with Crippen LogP contribution in [0.15, 0.2) is 95.6 Å². The van der Waals surface area contributed by atoms with E-state index in [9.17, 15) is 14.4 Å². The Morgan fingerprint density at radius 2 is 1.73 bits per heavy atom. The Morgan fingerprint density at radius 3 is 2.48 bits per heavy atom. The number of carbonyl (C=O) groups is 3. The number of para-hydroxylation sites is 2. The van der Waals surface area contributed by atoms with Crippen LogP contribution in [0.25, 0.3) is 11.1 Å². The van der Waals surface area contributed by atoms with Crippen molar-refractivity contribution in [1.29, 1.82) is 0 Å². The zero-order valence-corrected chi connectivity index (χ0v) is 25.3. The number of nitrogens with one attached hydrogen (secondary N) is 3. The Balaban J connectivity index is 1.30. The van der Waals surface area contributed by atoms with Gasteiger partial charge in [-0.3, -0.25) is 14.9 Å². The molecule has 0 saturated carbocycles. The van der Waals surface area contributed by atoms with Crippen molar-refractivity contribution in [3.05, 3.63) is 108 Å². The number of hydrogen-bond acceptors (Lipinski definition) is 6. The number of aryl methyl sites for hydroxylation is 1. The van der Waals surface area contributed by atoms with E-state index in [-0.39, 0.29) is 18.2 Å². The van der Waals surface area contributed by atoms with E-state index >= 15 is 0 Å². The lowest BCUT2D eigenvalue weighted by atomic mass is 9.99. The van der Waals surface area contributed by atoms with Gasteiger partial charge in [-0.05, 0) is 67.6 Å². The highest BCUT2D eigenvalue weighted by molar-refractivity contribution is 6.00. The molecule has 3 aromatic carbocycles. The van der Waals surface area contributed by atoms with Gasteiger partial charge in [0.2, 0.25) is 11.8 Å². The fourth-order valence-electron chi connectivity index (χ4n) is 5.44. The molecule has 9 heteroatoms. The van der Waals surface area contributed by atoms with Crippen LogP contribution in [0.1, 0.15) is 43.6 Å². The van der Waals surface area contributed by atoms with Crippen LogP contribution < -0.4 is 20.9 Å². The highest BCUT2D eigenvalue weighted by Crippen LogP contribution is 2.31. The maximum Gasteiger partial charge on any atom is 0.411 e. The minimum Gasteiger partial charge on any atom is -0.468 e. The number of anilines is 2. The summed E-state index contributed by atoms with van der Waals surface area (Å²) in [6, 6.07) is 26.4. The Bertz CT molecular complexity index is 1600. The number of benzene rings is 3. The molecule has 1 aliphatic heterocycles. The first-order valence-electron chi connectivity index (χ1n) is 14.7. The highest BCUT2D eigenvalue weighted by Gasteiger charge is 2.32. The molecule has 3 N–H and O–H groups in total. The van der Waals surface area contributed by atoms with Crippen LogP contribution in [-0.4, -0.2) is 36.6 Å². The van der Waals surface area contributed by atoms with Crippen molar-refractivity contribution in [2.45, 2.75) is 57.8 Å². The van der Waals surface area contributed by atoms with Crippen molar-refractivity contribution in [1.82, 2.24) is 10.6 Å². The topological polar surface area (TPSA) is 113 Å². The van der Waals surface area contributed by atoms with E-state index in [4.69, 9.17) is 9.15 Å². The molecule has 228 valence electrons. The van der Waals surface area contributed by atoms with Gasteiger partial charge in [0.05, 0.1) is 32.1 Å². The Kier molecular flexibility index (Phi) is 9.45. The molecule has 0 aliphatic carbocycles. The van der Waals surface area contributed by atoms with Crippen molar-refractivity contribution in [3.63, 3.8) is 0 Å². The first kappa shape index (κ1) is 30.6. The molecule has 4 aromatic rings. The third-order valence-corrected chi connectivity index (χ3v) is 7.76. The average molecular weight is 595 g/mol. The normalized spacial score (nSPS) is 14.8. The summed E-state index contributed by atoms with van der Waals surface area (Å²) in [5, 5.41) is 9.15. The second kappa shape index (κ2) is 13.6. The zero-order chi connectivity index (χ0) is 31.1. The number of amides is 3. The third-order valence-electron chi connectivity index (χ3n) is 7.76. The van der Waals surface area contributed by atoms with E-state index in [1.165, 1.54) is 7.11 Å². The Labute approximate surface area is 257 Å². The van der Waals surface area contributed by atoms with Gasteiger partial charge in [-0.25, -0.2) is 4.79 Å². The van der Waals surface area contributed by atoms with Crippen LogP contribution in [0.4, 0.5) is 16.2 Å². The molecule has 0 unspecified atom stereocenters. The predicted octanol–water partition coefficient (Wildman–Crippen LogP) is 6.05. The molecule has 1 atom stereocenters. The first-order valence-corrected chi connectivity index (χ1v) is 14.7. The summed E-state index contributed by atoms with van der Waals surface area (Å²) in [5.74, 6) is 0.470. The van der Waals surface area contributed by atoms with Crippen LogP contribution in [0.2, 0.25) is 0 Å². The molecule has 0 bridgehead atoms. The van der Waals surface area contributed by atoms with Crippen LogP contribution in [0.5, 0.6) is 0 Å². The molecular weight excluding hydrogens is 556 g/mol. The van der Waals surface area contributed by atoms with Crippen molar-refractivity contribution in [2.24, 2.45) is 0 Å². The number of ether oxygens (including phenoxy) is 1. The van der Waals surface area contributed by atoms with Gasteiger partial charge in [0.25, 0.3) is 0 Å². The third kappa shape index (κ3) is 7.54. The highest BCUT2D eigenvalue weighted by atomic mass is 16.5. The summed E-state index contributed by atoms with van der Waals surface area (Å²) in [7, 11) is 1.33. The summed E-state index contributed by atoms with van der Waals surface area (Å²) in [5.41, 5.74) is 4.76. The molecule has 3 amide bonds. The minimum atomic E-state index is -0.647. The van der Waals surface area contributed by atoms with Gasteiger partial charge in [0.15, 0.2) is 0 Å². The quantitative estimate of drug-likeness (QED) is 0.206. The molecular formula is C35H38N4O5. The number of rotatable bonds is 10. The van der Waals surface area contributed by atoms with Crippen LogP contribution in [0.3, 0.4) is 0 Å². The van der Waals surface area contributed by atoms with Crippen molar-refractivity contribution in [2.75, 3.05) is 17.3 Å². The molecule has 2 heterocycles. The largest absolute Gasteiger partial charge is 0.468 e. The summed E-state index contributed by atoms with van der Waals surface area (Å²) in [6.45, 7) is 4.77. The van der Waals surface area contributed by atoms with E-state index in [1.807, 2.05) is 98.8 Å². The second-order valence-corrected chi connectivity index (χ2v) is 11.6. The summed E-state index contributed by atoms with van der Waals surface area (Å²) >= 11 is 0. The maximum absolute atomic E-state index is 14.0. The zero-order valence-electron chi connectivity index (χ0n) is 25.3. The Hall–Kier alpha value is -4.89. The number of methoxy groups -OCH3 is 1. The molecule has 0 fully saturated rings. The lowest BCUT2D eigenvalue weighted by Gasteiger charge is -2.29. The standard InChI is InChI=1S/C35H38N4O5/c1-35(2,36-22-27-10-8-20-44-27)21-32(40)37-30-19-18-26-9-4-7-13-31(26)39(33(30)41)23-24-14-16-25(17-15-24)28-11-5-6-12-29(28)38-34(42)43-3/h4-17,20,30,36H,18-19,21-23H2,1-3H3,(H,37,40)(H,38,42)/t30-/m1/s1. The van der Waals surface area contributed by atoms with Crippen molar-refractivity contribution < 1.29 is 23.5 Å². The number of furan rings is 1. The average Bonchev–Trinajstić information content (AvgIpc) is 3.51. The van der Waals surface area contributed by atoms with Gasteiger partial charge in [0, 0.05) is 23.2 Å². The summed E-state index contributed by atoms with van der Waals surface area (Å²) < 4.78 is 10.2. The molecule has 44 heavy (non-hydrogen) atoms. The van der Waals surface area contributed by atoms with Crippen molar-refractivity contribution >= 4 is 29.3 Å². The predicted molar refractivity (Wildman–Crippen MR) is 170 cm³/mol. The molecule has 0 spiro atoms. The van der Waals surface area contributed by atoms with Gasteiger partial charge < -0.3 is 24.7 Å². The smallest absolute Gasteiger partial charge is 0.411 e. The lowest BCUT2D eigenvalue weighted by Crippen LogP contribution is -2.50. The molecule has 5 rings (SSSR count). The molecule has 1 aliphatic rings. The van der Waals surface area contributed by atoms with E-state index in [2.05, 4.69) is 16.0 Å². The van der Waals surface area contributed by atoms with Gasteiger partial charge >= 0.3 is 6.09 Å². The SMILES string of the molecule is COC(=O)Nc1ccccc1-c1ccc(CN2C(=O)[C@H](NC(=O)CC(C)(C)NCc3ccco3)CCc3ccccc32)cc1. The Morgan fingerprint density at radius 1 is 0.977 bits per heavy atom. The van der Waals surface area contributed by atoms with E-state index in [1.54, 1.807) is 11.2 Å². The van der Waals surface area contributed by atoms with E-state index in [0.717, 1.165) is 33.7 Å². The van der Waals surface area contributed by atoms with E-state index in [0.29, 0.717) is 31.6 Å². The fourth-order valence-corrected chi connectivity index (χ4v) is 5.44. The molecule has 0 saturated heterocycles. The maximum atomic E-state index is 14.0. The fraction of sp³-hybridized carbons (Fsp3) is 0.286. The second-order valence-electron chi connectivity index (χ2n) is 11.6. The lowest BCUT2D eigenvalue weighted by molar-refractivity contribution is -0.128. The van der Waals surface area contributed by atoms with Gasteiger partial charge in [0.1, 0.15) is 11.8 Å². The summed E-state index contributed by atoms with van der Waals surface area (Å²) in [4.78, 5) is 40.8. The van der Waals surface area contributed by atoms with Crippen LogP contribution in [0, 0.1) is 0 Å². The van der Waals surface area contributed by atoms with Crippen molar-refractivity contribution in [3.8, 4) is 11.1 Å². The van der Waals surface area contributed by atoms with Gasteiger partial charge in [-0.15, -0.1) is 0 Å². The number of hydrogen-bond donors (Lipinski definition) is 3. The van der Waals surface area contributed by atoms with Gasteiger partial charge in [-0.1, -0.05) is 60.7 Å².